The lowest BCUT2D eigenvalue weighted by atomic mass is 10.1. The Hall–Kier alpha value is -2.25. The number of nitrogens with one attached hydrogen (secondary N) is 2. The van der Waals surface area contributed by atoms with Gasteiger partial charge in [0.15, 0.2) is 17.5 Å². The molecule has 1 unspecified atom stereocenters. The van der Waals surface area contributed by atoms with Crippen molar-refractivity contribution in [1.82, 2.24) is 15.5 Å². The van der Waals surface area contributed by atoms with E-state index >= 15 is 0 Å². The van der Waals surface area contributed by atoms with Gasteiger partial charge < -0.3 is 20.1 Å². The maximum absolute atomic E-state index is 5.45. The molecule has 6 nitrogen and oxygen atoms in total. The molecule has 2 aliphatic rings. The van der Waals surface area contributed by atoms with Crippen molar-refractivity contribution in [3.63, 3.8) is 0 Å². The van der Waals surface area contributed by atoms with Gasteiger partial charge in [-0.05, 0) is 61.5 Å². The van der Waals surface area contributed by atoms with E-state index in [1.807, 2.05) is 24.5 Å². The van der Waals surface area contributed by atoms with Gasteiger partial charge in [-0.1, -0.05) is 12.1 Å². The van der Waals surface area contributed by atoms with Crippen molar-refractivity contribution in [1.29, 1.82) is 0 Å². The normalized spacial score (nSPS) is 17.7. The zero-order valence-corrected chi connectivity index (χ0v) is 17.1. The van der Waals surface area contributed by atoms with Crippen molar-refractivity contribution >= 4 is 17.3 Å². The number of thiophene rings is 1. The molecule has 1 fully saturated rings. The molecule has 2 N–H and O–H groups in total. The van der Waals surface area contributed by atoms with Gasteiger partial charge >= 0.3 is 0 Å². The Morgan fingerprint density at radius 2 is 2.04 bits per heavy atom. The zero-order chi connectivity index (χ0) is 19.2. The summed E-state index contributed by atoms with van der Waals surface area (Å²) in [6, 6.07) is 10.9. The second-order valence-electron chi connectivity index (χ2n) is 7.09. The standard InChI is InChI=1S/C21H28N4O2S/c1-22-21(23-9-8-16-6-7-18-19(13-16)27-15-26-18)24-14-17(20-5-4-12-28-20)25-10-2-3-11-25/h4-7,12-13,17H,2-3,8-11,14-15H2,1H3,(H2,22,23,24). The molecule has 0 radical (unpaired) electrons. The second-order valence-corrected chi connectivity index (χ2v) is 8.07. The molecule has 4 rings (SSSR count). The van der Waals surface area contributed by atoms with Crippen LogP contribution in [0.15, 0.2) is 40.7 Å². The van der Waals surface area contributed by atoms with Gasteiger partial charge in [-0.3, -0.25) is 9.89 Å². The fourth-order valence-corrected chi connectivity index (χ4v) is 4.64. The Kier molecular flexibility index (Phi) is 6.34. The molecule has 1 aromatic heterocycles. The molecule has 1 saturated heterocycles. The molecule has 0 saturated carbocycles. The summed E-state index contributed by atoms with van der Waals surface area (Å²) in [6.07, 6.45) is 3.49. The van der Waals surface area contributed by atoms with Gasteiger partial charge in [-0.15, -0.1) is 11.3 Å². The van der Waals surface area contributed by atoms with E-state index in [0.717, 1.165) is 37.0 Å². The molecule has 2 aliphatic heterocycles. The number of guanidine groups is 1. The van der Waals surface area contributed by atoms with Crippen LogP contribution in [0.25, 0.3) is 0 Å². The Labute approximate surface area is 170 Å². The van der Waals surface area contributed by atoms with Gasteiger partial charge in [0, 0.05) is 25.0 Å². The first-order valence-corrected chi connectivity index (χ1v) is 10.8. The first kappa shape index (κ1) is 19.1. The summed E-state index contributed by atoms with van der Waals surface area (Å²) in [6.45, 7) is 4.35. The minimum Gasteiger partial charge on any atom is -0.454 e. The van der Waals surface area contributed by atoms with Crippen LogP contribution in [-0.2, 0) is 6.42 Å². The smallest absolute Gasteiger partial charge is 0.231 e. The van der Waals surface area contributed by atoms with Gasteiger partial charge in [0.2, 0.25) is 6.79 Å². The fraction of sp³-hybridized carbons (Fsp3) is 0.476. The predicted octanol–water partition coefficient (Wildman–Crippen LogP) is 3.02. The van der Waals surface area contributed by atoms with Crippen LogP contribution >= 0.6 is 11.3 Å². The van der Waals surface area contributed by atoms with Crippen LogP contribution in [-0.4, -0.2) is 50.9 Å². The first-order valence-electron chi connectivity index (χ1n) is 9.94. The van der Waals surface area contributed by atoms with Crippen molar-refractivity contribution < 1.29 is 9.47 Å². The Balaban J connectivity index is 1.28. The number of likely N-dealkylation sites (tertiary alicyclic amines) is 1. The molecule has 7 heteroatoms. The van der Waals surface area contributed by atoms with Crippen molar-refractivity contribution in [2.45, 2.75) is 25.3 Å². The maximum Gasteiger partial charge on any atom is 0.231 e. The van der Waals surface area contributed by atoms with Crippen LogP contribution in [0.4, 0.5) is 0 Å². The van der Waals surface area contributed by atoms with Gasteiger partial charge in [0.05, 0.1) is 6.04 Å². The number of fused-ring (bicyclic) bond motifs is 1. The highest BCUT2D eigenvalue weighted by molar-refractivity contribution is 7.10. The molecule has 1 atom stereocenters. The van der Waals surface area contributed by atoms with Crippen LogP contribution in [0.2, 0.25) is 0 Å². The van der Waals surface area contributed by atoms with Crippen LogP contribution < -0.4 is 20.1 Å². The maximum atomic E-state index is 5.45. The van der Waals surface area contributed by atoms with E-state index in [-0.39, 0.29) is 0 Å². The molecule has 0 aliphatic carbocycles. The summed E-state index contributed by atoms with van der Waals surface area (Å²) < 4.78 is 10.8. The average Bonchev–Trinajstić information content (AvgIpc) is 3.49. The first-order chi connectivity index (χ1) is 13.8. The van der Waals surface area contributed by atoms with E-state index in [0.29, 0.717) is 12.8 Å². The number of hydrogen-bond acceptors (Lipinski definition) is 5. The molecule has 0 bridgehead atoms. The van der Waals surface area contributed by atoms with Gasteiger partial charge in [-0.2, -0.15) is 0 Å². The van der Waals surface area contributed by atoms with E-state index < -0.39 is 0 Å². The number of nitrogens with zero attached hydrogens (tertiary/aromatic N) is 2. The van der Waals surface area contributed by atoms with E-state index in [1.54, 1.807) is 0 Å². The summed E-state index contributed by atoms with van der Waals surface area (Å²) in [5, 5.41) is 9.11. The van der Waals surface area contributed by atoms with Crippen molar-refractivity contribution in [3.8, 4) is 11.5 Å². The molecule has 1 aromatic carbocycles. The van der Waals surface area contributed by atoms with Crippen molar-refractivity contribution in [2.75, 3.05) is 40.0 Å². The predicted molar refractivity (Wildman–Crippen MR) is 114 cm³/mol. The van der Waals surface area contributed by atoms with Crippen LogP contribution in [0.3, 0.4) is 0 Å². The van der Waals surface area contributed by atoms with Crippen LogP contribution in [0.1, 0.15) is 29.3 Å². The highest BCUT2D eigenvalue weighted by atomic mass is 32.1. The Morgan fingerprint density at radius 1 is 1.18 bits per heavy atom. The lowest BCUT2D eigenvalue weighted by Gasteiger charge is -2.27. The third-order valence-corrected chi connectivity index (χ3v) is 6.26. The van der Waals surface area contributed by atoms with Crippen molar-refractivity contribution in [2.24, 2.45) is 4.99 Å². The molecule has 28 heavy (non-hydrogen) atoms. The Morgan fingerprint density at radius 3 is 2.82 bits per heavy atom. The van der Waals surface area contributed by atoms with Gasteiger partial charge in [-0.25, -0.2) is 0 Å². The largest absolute Gasteiger partial charge is 0.454 e. The highest BCUT2D eigenvalue weighted by Crippen LogP contribution is 2.32. The zero-order valence-electron chi connectivity index (χ0n) is 16.3. The van der Waals surface area contributed by atoms with Crippen LogP contribution in [0, 0.1) is 0 Å². The molecule has 0 amide bonds. The minimum absolute atomic E-state index is 0.315. The number of hydrogen-bond donors (Lipinski definition) is 2. The molecule has 0 spiro atoms. The third kappa shape index (κ3) is 4.59. The van der Waals surface area contributed by atoms with Gasteiger partial charge in [0.1, 0.15) is 0 Å². The number of benzene rings is 1. The fourth-order valence-electron chi connectivity index (χ4n) is 3.78. The van der Waals surface area contributed by atoms with E-state index in [2.05, 4.69) is 50.2 Å². The summed E-state index contributed by atoms with van der Waals surface area (Å²) in [4.78, 5) is 8.40. The number of rotatable bonds is 7. The van der Waals surface area contributed by atoms with E-state index in [4.69, 9.17) is 9.47 Å². The highest BCUT2D eigenvalue weighted by Gasteiger charge is 2.24. The summed E-state index contributed by atoms with van der Waals surface area (Å²) in [5.41, 5.74) is 1.22. The quantitative estimate of drug-likeness (QED) is 0.553. The summed E-state index contributed by atoms with van der Waals surface area (Å²) in [7, 11) is 1.83. The summed E-state index contributed by atoms with van der Waals surface area (Å²) >= 11 is 1.84. The lowest BCUT2D eigenvalue weighted by molar-refractivity contribution is 0.174. The SMILES string of the molecule is CN=C(NCCc1ccc2c(c1)OCO2)NCC(c1cccs1)N1CCCC1. The van der Waals surface area contributed by atoms with Gasteiger partial charge in [0.25, 0.3) is 0 Å². The topological polar surface area (TPSA) is 58.1 Å². The van der Waals surface area contributed by atoms with Crippen LogP contribution in [0.5, 0.6) is 11.5 Å². The second kappa shape index (κ2) is 9.30. The molecular weight excluding hydrogens is 372 g/mol. The average molecular weight is 401 g/mol. The lowest BCUT2D eigenvalue weighted by Crippen LogP contribution is -2.43. The molecule has 150 valence electrons. The summed E-state index contributed by atoms with van der Waals surface area (Å²) in [5.74, 6) is 2.52. The molecular formula is C21H28N4O2S. The third-order valence-electron chi connectivity index (χ3n) is 5.28. The van der Waals surface area contributed by atoms with E-state index in [1.165, 1.54) is 36.4 Å². The Bertz CT molecular complexity index is 788. The number of aliphatic imine (C=N–C) groups is 1. The van der Waals surface area contributed by atoms with Crippen molar-refractivity contribution in [3.05, 3.63) is 46.2 Å². The monoisotopic (exact) mass is 400 g/mol. The molecule has 2 aromatic rings. The molecule has 3 heterocycles. The number of ether oxygens (including phenoxy) is 2. The van der Waals surface area contributed by atoms with E-state index in [9.17, 15) is 0 Å². The minimum atomic E-state index is 0.315.